The lowest BCUT2D eigenvalue weighted by Gasteiger charge is -2.62. The van der Waals surface area contributed by atoms with E-state index in [0.29, 0.717) is 16.7 Å². The van der Waals surface area contributed by atoms with Crippen LogP contribution in [0.5, 0.6) is 0 Å². The quantitative estimate of drug-likeness (QED) is 0.487. The molecular formula is C28H48O2. The normalized spacial score (nSPS) is 51.2. The van der Waals surface area contributed by atoms with Gasteiger partial charge in [0.25, 0.3) is 0 Å². The minimum absolute atomic E-state index is 0.430. The van der Waals surface area contributed by atoms with E-state index in [9.17, 15) is 10.2 Å². The van der Waals surface area contributed by atoms with Gasteiger partial charge in [0.05, 0.1) is 11.2 Å². The first-order chi connectivity index (χ1) is 13.9. The molecule has 0 amide bonds. The maximum absolute atomic E-state index is 10.7. The molecule has 10 atom stereocenters. The average molecular weight is 417 g/mol. The van der Waals surface area contributed by atoms with Gasteiger partial charge in [-0.2, -0.15) is 0 Å². The van der Waals surface area contributed by atoms with Crippen molar-refractivity contribution < 1.29 is 10.2 Å². The lowest BCUT2D eigenvalue weighted by molar-refractivity contribution is -0.148. The molecule has 0 aromatic heterocycles. The maximum atomic E-state index is 10.7. The van der Waals surface area contributed by atoms with Crippen molar-refractivity contribution in [2.24, 2.45) is 46.3 Å². The van der Waals surface area contributed by atoms with Crippen molar-refractivity contribution in [3.05, 3.63) is 12.7 Å². The van der Waals surface area contributed by atoms with Gasteiger partial charge in [-0.05, 0) is 131 Å². The van der Waals surface area contributed by atoms with Crippen LogP contribution >= 0.6 is 0 Å². The molecule has 0 bridgehead atoms. The molecule has 0 radical (unpaired) electrons. The first-order valence-electron chi connectivity index (χ1n) is 13.0. The van der Waals surface area contributed by atoms with E-state index in [1.54, 1.807) is 6.08 Å². The number of aliphatic hydroxyl groups is 2. The van der Waals surface area contributed by atoms with E-state index in [4.69, 9.17) is 0 Å². The van der Waals surface area contributed by atoms with E-state index in [1.165, 1.54) is 44.9 Å². The fourth-order valence-electron chi connectivity index (χ4n) is 9.23. The summed E-state index contributed by atoms with van der Waals surface area (Å²) >= 11 is 0. The maximum Gasteiger partial charge on any atom is 0.0797 e. The van der Waals surface area contributed by atoms with Gasteiger partial charge in [-0.3, -0.25) is 0 Å². The first kappa shape index (κ1) is 22.8. The fraction of sp³-hybridized carbons (Fsp3) is 0.929. The third-order valence-electron chi connectivity index (χ3n) is 11.3. The highest BCUT2D eigenvalue weighted by atomic mass is 16.3. The van der Waals surface area contributed by atoms with E-state index in [1.807, 2.05) is 6.92 Å². The third-order valence-corrected chi connectivity index (χ3v) is 11.3. The Bertz CT molecular complexity index is 651. The summed E-state index contributed by atoms with van der Waals surface area (Å²) in [4.78, 5) is 0. The molecule has 30 heavy (non-hydrogen) atoms. The molecule has 172 valence electrons. The van der Waals surface area contributed by atoms with Crippen molar-refractivity contribution >= 4 is 0 Å². The number of hydrogen-bond donors (Lipinski definition) is 2. The van der Waals surface area contributed by atoms with Crippen LogP contribution in [0.3, 0.4) is 0 Å². The zero-order valence-corrected chi connectivity index (χ0v) is 20.4. The van der Waals surface area contributed by atoms with Gasteiger partial charge in [0.15, 0.2) is 0 Å². The third kappa shape index (κ3) is 3.72. The molecule has 4 rings (SSSR count). The van der Waals surface area contributed by atoms with Crippen molar-refractivity contribution in [1.29, 1.82) is 0 Å². The molecule has 4 aliphatic carbocycles. The summed E-state index contributed by atoms with van der Waals surface area (Å²) in [5, 5.41) is 21.1. The second-order valence-corrected chi connectivity index (χ2v) is 13.2. The summed E-state index contributed by atoms with van der Waals surface area (Å²) < 4.78 is 0. The van der Waals surface area contributed by atoms with Gasteiger partial charge in [-0.15, -0.1) is 6.58 Å². The molecule has 0 aliphatic heterocycles. The summed E-state index contributed by atoms with van der Waals surface area (Å²) in [5.74, 6) is 4.89. The van der Waals surface area contributed by atoms with Crippen LogP contribution in [0.25, 0.3) is 0 Å². The van der Waals surface area contributed by atoms with Crippen LogP contribution in [0.15, 0.2) is 12.7 Å². The van der Waals surface area contributed by atoms with Crippen molar-refractivity contribution in [3.8, 4) is 0 Å². The van der Waals surface area contributed by atoms with Crippen LogP contribution in [0.4, 0.5) is 0 Å². The molecule has 0 saturated heterocycles. The molecule has 1 unspecified atom stereocenters. The molecule has 0 aromatic carbocycles. The van der Waals surface area contributed by atoms with Crippen LogP contribution in [0.2, 0.25) is 0 Å². The summed E-state index contributed by atoms with van der Waals surface area (Å²) in [5.41, 5.74) is -0.205. The van der Waals surface area contributed by atoms with Gasteiger partial charge in [0.1, 0.15) is 0 Å². The lowest BCUT2D eigenvalue weighted by Crippen LogP contribution is -2.55. The molecule has 0 heterocycles. The molecule has 0 spiro atoms. The fourth-order valence-corrected chi connectivity index (χ4v) is 9.23. The van der Waals surface area contributed by atoms with Gasteiger partial charge in [0.2, 0.25) is 0 Å². The number of rotatable bonds is 5. The zero-order valence-electron chi connectivity index (χ0n) is 20.4. The van der Waals surface area contributed by atoms with Crippen LogP contribution in [-0.2, 0) is 0 Å². The second kappa shape index (κ2) is 7.62. The highest BCUT2D eigenvalue weighted by Gasteiger charge is 2.61. The molecule has 2 nitrogen and oxygen atoms in total. The predicted molar refractivity (Wildman–Crippen MR) is 125 cm³/mol. The Morgan fingerprint density at radius 3 is 2.40 bits per heavy atom. The van der Waals surface area contributed by atoms with E-state index < -0.39 is 11.2 Å². The Hall–Kier alpha value is -0.340. The second-order valence-electron chi connectivity index (χ2n) is 13.2. The van der Waals surface area contributed by atoms with Crippen molar-refractivity contribution in [2.75, 3.05) is 0 Å². The number of fused-ring (bicyclic) bond motifs is 5. The minimum Gasteiger partial charge on any atom is -0.390 e. The largest absolute Gasteiger partial charge is 0.390 e. The molecule has 2 N–H and O–H groups in total. The SMILES string of the molecule is C=C[C@@](C)(O)CC[C@@H](C)C1CC[C@H]2[C@@H]3CC[C@H]4C[C@@](C)(O)CC[C@]4(C)[C@H]3CC[C@]12C. The van der Waals surface area contributed by atoms with Gasteiger partial charge in [-0.25, -0.2) is 0 Å². The predicted octanol–water partition coefficient (Wildman–Crippen LogP) is 6.75. The van der Waals surface area contributed by atoms with Gasteiger partial charge >= 0.3 is 0 Å². The molecular weight excluding hydrogens is 368 g/mol. The van der Waals surface area contributed by atoms with Crippen molar-refractivity contribution in [1.82, 2.24) is 0 Å². The Labute approximate surface area is 185 Å². The van der Waals surface area contributed by atoms with Gasteiger partial charge < -0.3 is 10.2 Å². The van der Waals surface area contributed by atoms with Crippen LogP contribution in [0.1, 0.15) is 105 Å². The summed E-state index contributed by atoms with van der Waals surface area (Å²) in [6.45, 7) is 15.5. The monoisotopic (exact) mass is 416 g/mol. The molecule has 4 fully saturated rings. The van der Waals surface area contributed by atoms with Crippen LogP contribution < -0.4 is 0 Å². The van der Waals surface area contributed by atoms with Crippen LogP contribution in [0, 0.1) is 46.3 Å². The summed E-state index contributed by atoms with van der Waals surface area (Å²) in [6, 6.07) is 0. The van der Waals surface area contributed by atoms with Crippen molar-refractivity contribution in [3.63, 3.8) is 0 Å². The molecule has 2 heteroatoms. The van der Waals surface area contributed by atoms with E-state index in [0.717, 1.165) is 55.3 Å². The molecule has 4 aliphatic rings. The van der Waals surface area contributed by atoms with Gasteiger partial charge in [-0.1, -0.05) is 26.8 Å². The highest BCUT2D eigenvalue weighted by molar-refractivity contribution is 5.10. The van der Waals surface area contributed by atoms with Gasteiger partial charge in [0, 0.05) is 0 Å². The summed E-state index contributed by atoms with van der Waals surface area (Å²) in [6.07, 6.45) is 15.2. The molecule has 0 aromatic rings. The topological polar surface area (TPSA) is 40.5 Å². The lowest BCUT2D eigenvalue weighted by atomic mass is 9.43. The minimum atomic E-state index is -0.722. The Kier molecular flexibility index (Phi) is 5.80. The highest BCUT2D eigenvalue weighted by Crippen LogP contribution is 2.68. The van der Waals surface area contributed by atoms with Crippen molar-refractivity contribution in [2.45, 2.75) is 116 Å². The van der Waals surface area contributed by atoms with E-state index in [-0.39, 0.29) is 0 Å². The first-order valence-corrected chi connectivity index (χ1v) is 13.0. The zero-order chi connectivity index (χ0) is 21.9. The molecule has 4 saturated carbocycles. The Balaban J connectivity index is 1.48. The average Bonchev–Trinajstić information content (AvgIpc) is 3.04. The standard InChI is InChI=1S/C28H48O2/c1-7-25(3,29)14-12-19(2)22-10-11-23-21-9-8-20-18-26(4,30)16-17-27(20,5)24(21)13-15-28(22,23)6/h7,19-24,29-30H,1,8-18H2,2-6H3/t19-,20+,21+,22?,23+,24+,25-,26+,27+,28-/m1/s1. The summed E-state index contributed by atoms with van der Waals surface area (Å²) in [7, 11) is 0. The smallest absolute Gasteiger partial charge is 0.0797 e. The Morgan fingerprint density at radius 1 is 1.00 bits per heavy atom. The number of hydrogen-bond acceptors (Lipinski definition) is 2. The van der Waals surface area contributed by atoms with E-state index in [2.05, 4.69) is 34.3 Å². The van der Waals surface area contributed by atoms with Crippen LogP contribution in [-0.4, -0.2) is 21.4 Å². The Morgan fingerprint density at radius 2 is 1.70 bits per heavy atom. The van der Waals surface area contributed by atoms with E-state index >= 15 is 0 Å².